The number of amides is 2. The van der Waals surface area contributed by atoms with Gasteiger partial charge in [-0.2, -0.15) is 0 Å². The van der Waals surface area contributed by atoms with Crippen LogP contribution in [0, 0.1) is 5.82 Å². The van der Waals surface area contributed by atoms with E-state index in [9.17, 15) is 17.6 Å². The summed E-state index contributed by atoms with van der Waals surface area (Å²) in [7, 11) is -3.42. The smallest absolute Gasteiger partial charge is 0.317 e. The molecule has 0 saturated carbocycles. The lowest BCUT2D eigenvalue weighted by atomic mass is 9.90. The molecule has 8 heteroatoms. The van der Waals surface area contributed by atoms with E-state index in [2.05, 4.69) is 10.0 Å². The number of rotatable bonds is 6. The first-order valence-electron chi connectivity index (χ1n) is 10.1. The normalized spacial score (nSPS) is 19.5. The van der Waals surface area contributed by atoms with Crippen LogP contribution in [0.3, 0.4) is 0 Å². The molecule has 6 nitrogen and oxygen atoms in total. The summed E-state index contributed by atoms with van der Waals surface area (Å²) in [5, 5.41) is 2.83. The SMILES string of the molecule is CCNC(=O)N1CCC[C@@H](NS(C)(=O)=O)[C@@H]1Cc1cccc(-c2cccc(F)c2)c1. The minimum atomic E-state index is -3.42. The van der Waals surface area contributed by atoms with Gasteiger partial charge < -0.3 is 10.2 Å². The molecule has 2 aromatic rings. The molecule has 3 rings (SSSR count). The van der Waals surface area contributed by atoms with Crippen molar-refractivity contribution >= 4 is 16.1 Å². The maximum atomic E-state index is 13.6. The molecule has 0 spiro atoms. The fraction of sp³-hybridized carbons (Fsp3) is 0.409. The molecule has 2 N–H and O–H groups in total. The molecule has 0 radical (unpaired) electrons. The number of hydrogen-bond acceptors (Lipinski definition) is 3. The highest BCUT2D eigenvalue weighted by molar-refractivity contribution is 7.88. The second-order valence-electron chi connectivity index (χ2n) is 7.65. The van der Waals surface area contributed by atoms with E-state index in [-0.39, 0.29) is 23.9 Å². The van der Waals surface area contributed by atoms with Crippen molar-refractivity contribution in [3.8, 4) is 11.1 Å². The Kier molecular flexibility index (Phi) is 7.10. The molecule has 1 aliphatic heterocycles. The third-order valence-electron chi connectivity index (χ3n) is 5.26. The summed E-state index contributed by atoms with van der Waals surface area (Å²) in [5.74, 6) is -0.301. The summed E-state index contributed by atoms with van der Waals surface area (Å²) in [4.78, 5) is 14.4. The lowest BCUT2D eigenvalue weighted by Gasteiger charge is -2.41. The summed E-state index contributed by atoms with van der Waals surface area (Å²) >= 11 is 0. The first-order chi connectivity index (χ1) is 14.3. The van der Waals surface area contributed by atoms with Crippen molar-refractivity contribution in [2.45, 2.75) is 38.3 Å². The number of likely N-dealkylation sites (tertiary alicyclic amines) is 1. The van der Waals surface area contributed by atoms with Gasteiger partial charge in [0.25, 0.3) is 0 Å². The zero-order valence-electron chi connectivity index (χ0n) is 17.3. The van der Waals surface area contributed by atoms with Crippen LogP contribution in [0.2, 0.25) is 0 Å². The predicted molar refractivity (Wildman–Crippen MR) is 116 cm³/mol. The first kappa shape index (κ1) is 22.2. The lowest BCUT2D eigenvalue weighted by Crippen LogP contribution is -2.59. The number of piperidine rings is 1. The quantitative estimate of drug-likeness (QED) is 0.735. The third kappa shape index (κ3) is 5.79. The van der Waals surface area contributed by atoms with Crippen molar-refractivity contribution < 1.29 is 17.6 Å². The predicted octanol–water partition coefficient (Wildman–Crippen LogP) is 3.15. The van der Waals surface area contributed by atoms with E-state index in [0.717, 1.165) is 29.4 Å². The zero-order chi connectivity index (χ0) is 21.7. The molecule has 0 unspecified atom stereocenters. The van der Waals surface area contributed by atoms with Crippen molar-refractivity contribution in [2.75, 3.05) is 19.3 Å². The minimum Gasteiger partial charge on any atom is -0.338 e. The number of halogens is 1. The molecule has 30 heavy (non-hydrogen) atoms. The molecule has 2 aromatic carbocycles. The molecule has 1 fully saturated rings. The van der Waals surface area contributed by atoms with Gasteiger partial charge in [0.1, 0.15) is 5.82 Å². The molecule has 1 saturated heterocycles. The molecule has 2 atom stereocenters. The average molecular weight is 434 g/mol. The van der Waals surface area contributed by atoms with Gasteiger partial charge in [0, 0.05) is 19.1 Å². The summed E-state index contributed by atoms with van der Waals surface area (Å²) < 4.78 is 40.2. The number of carbonyl (C=O) groups excluding carboxylic acids is 1. The fourth-order valence-electron chi connectivity index (χ4n) is 4.01. The summed E-state index contributed by atoms with van der Waals surface area (Å²) in [6, 6.07) is 13.2. The van der Waals surface area contributed by atoms with Gasteiger partial charge in [-0.15, -0.1) is 0 Å². The van der Waals surface area contributed by atoms with Gasteiger partial charge in [0.2, 0.25) is 10.0 Å². The maximum Gasteiger partial charge on any atom is 0.317 e. The standard InChI is InChI=1S/C22H28FN3O3S/c1-3-24-22(27)26-12-6-11-20(25-30(2,28)29)21(26)14-16-7-4-8-17(13-16)18-9-5-10-19(23)15-18/h4-5,7-10,13,15,20-21,25H,3,6,11-12,14H2,1-2H3,(H,24,27)/t20-,21+/m1/s1. The zero-order valence-corrected chi connectivity index (χ0v) is 18.1. The number of benzene rings is 2. The molecule has 0 aliphatic carbocycles. The summed E-state index contributed by atoms with van der Waals surface area (Å²) in [6.45, 7) is 2.93. The van der Waals surface area contributed by atoms with Gasteiger partial charge in [0.15, 0.2) is 0 Å². The Balaban J connectivity index is 1.90. The van der Waals surface area contributed by atoms with Crippen molar-refractivity contribution in [1.29, 1.82) is 0 Å². The molecule has 1 heterocycles. The Hall–Kier alpha value is -2.45. The van der Waals surface area contributed by atoms with Crippen molar-refractivity contribution in [3.63, 3.8) is 0 Å². The number of carbonyl (C=O) groups is 1. The van der Waals surface area contributed by atoms with E-state index >= 15 is 0 Å². The monoisotopic (exact) mass is 433 g/mol. The highest BCUT2D eigenvalue weighted by atomic mass is 32.2. The van der Waals surface area contributed by atoms with Crippen LogP contribution in [0.5, 0.6) is 0 Å². The minimum absolute atomic E-state index is 0.191. The van der Waals surface area contributed by atoms with Crippen LogP contribution in [0.1, 0.15) is 25.3 Å². The van der Waals surface area contributed by atoms with E-state index in [0.29, 0.717) is 25.9 Å². The van der Waals surface area contributed by atoms with Crippen LogP contribution in [-0.4, -0.2) is 50.8 Å². The fourth-order valence-corrected chi connectivity index (χ4v) is 4.84. The van der Waals surface area contributed by atoms with Crippen LogP contribution in [0.15, 0.2) is 48.5 Å². The van der Waals surface area contributed by atoms with Crippen LogP contribution in [0.25, 0.3) is 11.1 Å². The van der Waals surface area contributed by atoms with Crippen molar-refractivity contribution in [3.05, 3.63) is 59.9 Å². The third-order valence-corrected chi connectivity index (χ3v) is 5.99. The molecule has 0 bridgehead atoms. The first-order valence-corrected chi connectivity index (χ1v) is 12.0. The van der Waals surface area contributed by atoms with Gasteiger partial charge in [-0.25, -0.2) is 22.3 Å². The van der Waals surface area contributed by atoms with Crippen LogP contribution >= 0.6 is 0 Å². The molecule has 162 valence electrons. The van der Waals surface area contributed by atoms with Crippen LogP contribution in [-0.2, 0) is 16.4 Å². The highest BCUT2D eigenvalue weighted by Crippen LogP contribution is 2.26. The Labute approximate surface area is 177 Å². The molecule has 0 aromatic heterocycles. The molecular weight excluding hydrogens is 405 g/mol. The van der Waals surface area contributed by atoms with Gasteiger partial charge >= 0.3 is 6.03 Å². The Morgan fingerprint density at radius 2 is 1.87 bits per heavy atom. The van der Waals surface area contributed by atoms with E-state index in [1.54, 1.807) is 11.0 Å². The van der Waals surface area contributed by atoms with Crippen LogP contribution in [0.4, 0.5) is 9.18 Å². The second kappa shape index (κ2) is 9.57. The number of nitrogens with one attached hydrogen (secondary N) is 2. The topological polar surface area (TPSA) is 78.5 Å². The van der Waals surface area contributed by atoms with Gasteiger partial charge in [0.05, 0.1) is 12.3 Å². The molecular formula is C22H28FN3O3S. The van der Waals surface area contributed by atoms with E-state index in [1.807, 2.05) is 37.3 Å². The Bertz CT molecular complexity index is 997. The molecule has 2 amide bonds. The largest absolute Gasteiger partial charge is 0.338 e. The van der Waals surface area contributed by atoms with E-state index < -0.39 is 10.0 Å². The van der Waals surface area contributed by atoms with Crippen molar-refractivity contribution in [1.82, 2.24) is 14.9 Å². The molecule has 1 aliphatic rings. The number of hydrogen-bond donors (Lipinski definition) is 2. The summed E-state index contributed by atoms with van der Waals surface area (Å²) in [6.07, 6.45) is 3.02. The lowest BCUT2D eigenvalue weighted by molar-refractivity contribution is 0.134. The maximum absolute atomic E-state index is 13.6. The number of sulfonamides is 1. The van der Waals surface area contributed by atoms with Crippen LogP contribution < -0.4 is 10.0 Å². The van der Waals surface area contributed by atoms with Crippen molar-refractivity contribution in [2.24, 2.45) is 0 Å². The Morgan fingerprint density at radius 3 is 2.53 bits per heavy atom. The number of urea groups is 1. The number of nitrogens with zero attached hydrogens (tertiary/aromatic N) is 1. The second-order valence-corrected chi connectivity index (χ2v) is 9.43. The summed E-state index contributed by atoms with van der Waals surface area (Å²) in [5.41, 5.74) is 2.60. The Morgan fingerprint density at radius 1 is 1.17 bits per heavy atom. The van der Waals surface area contributed by atoms with Gasteiger partial charge in [-0.05, 0) is 55.0 Å². The highest BCUT2D eigenvalue weighted by Gasteiger charge is 2.35. The van der Waals surface area contributed by atoms with E-state index in [4.69, 9.17) is 0 Å². The van der Waals surface area contributed by atoms with Gasteiger partial charge in [-0.1, -0.05) is 36.4 Å². The average Bonchev–Trinajstić information content (AvgIpc) is 2.68. The van der Waals surface area contributed by atoms with Gasteiger partial charge in [-0.3, -0.25) is 0 Å². The van der Waals surface area contributed by atoms with E-state index in [1.165, 1.54) is 12.1 Å².